The highest BCUT2D eigenvalue weighted by Crippen LogP contribution is 2.48. The Morgan fingerprint density at radius 3 is 2.71 bits per heavy atom. The summed E-state index contributed by atoms with van der Waals surface area (Å²) in [6.07, 6.45) is 0.917. The fourth-order valence-corrected chi connectivity index (χ4v) is 2.76. The zero-order chi connectivity index (χ0) is 14.2. The quantitative estimate of drug-likeness (QED) is 0.940. The molecule has 1 N–H and O–H groups in total. The van der Waals surface area contributed by atoms with Crippen molar-refractivity contribution in [3.8, 4) is 11.5 Å². The van der Waals surface area contributed by atoms with Gasteiger partial charge in [0, 0.05) is 17.7 Å². The highest BCUT2D eigenvalue weighted by atomic mass is 16.7. The molecule has 21 heavy (non-hydrogen) atoms. The van der Waals surface area contributed by atoms with E-state index in [1.807, 2.05) is 30.3 Å². The largest absolute Gasteiger partial charge is 0.454 e. The van der Waals surface area contributed by atoms with Crippen LogP contribution in [0, 0.1) is 5.92 Å². The molecule has 0 spiro atoms. The van der Waals surface area contributed by atoms with Crippen LogP contribution in [0.2, 0.25) is 0 Å². The van der Waals surface area contributed by atoms with E-state index in [-0.39, 0.29) is 18.6 Å². The summed E-state index contributed by atoms with van der Waals surface area (Å²) < 4.78 is 10.6. The smallest absolute Gasteiger partial charge is 0.231 e. The van der Waals surface area contributed by atoms with Crippen molar-refractivity contribution in [1.82, 2.24) is 0 Å². The van der Waals surface area contributed by atoms with Crippen LogP contribution in [0.15, 0.2) is 48.5 Å². The van der Waals surface area contributed by atoms with Crippen LogP contribution in [0.1, 0.15) is 17.9 Å². The molecular formula is C17H15NO3. The summed E-state index contributed by atoms with van der Waals surface area (Å²) in [4.78, 5) is 12.3. The van der Waals surface area contributed by atoms with Crippen molar-refractivity contribution in [3.63, 3.8) is 0 Å². The van der Waals surface area contributed by atoms with E-state index in [9.17, 15) is 4.79 Å². The van der Waals surface area contributed by atoms with Gasteiger partial charge in [-0.25, -0.2) is 0 Å². The van der Waals surface area contributed by atoms with Crippen LogP contribution in [0.4, 0.5) is 5.69 Å². The molecule has 1 amide bonds. The second-order valence-electron chi connectivity index (χ2n) is 5.42. The van der Waals surface area contributed by atoms with Crippen LogP contribution in [0.5, 0.6) is 11.5 Å². The van der Waals surface area contributed by atoms with Crippen LogP contribution >= 0.6 is 0 Å². The first-order chi connectivity index (χ1) is 10.3. The van der Waals surface area contributed by atoms with Crippen LogP contribution in [-0.2, 0) is 4.79 Å². The van der Waals surface area contributed by atoms with Gasteiger partial charge in [-0.05, 0) is 30.0 Å². The molecule has 0 saturated heterocycles. The van der Waals surface area contributed by atoms with E-state index in [2.05, 4.69) is 17.4 Å². The maximum atomic E-state index is 12.3. The second kappa shape index (κ2) is 4.81. The summed E-state index contributed by atoms with van der Waals surface area (Å²) >= 11 is 0. The highest BCUT2D eigenvalue weighted by molar-refractivity contribution is 5.95. The average molecular weight is 281 g/mol. The minimum absolute atomic E-state index is 0.0674. The minimum atomic E-state index is 0.0674. The number of carbonyl (C=O) groups is 1. The molecule has 0 aromatic heterocycles. The maximum absolute atomic E-state index is 12.3. The normalized spacial score (nSPS) is 21.9. The van der Waals surface area contributed by atoms with Crippen molar-refractivity contribution < 1.29 is 14.3 Å². The number of ether oxygens (including phenoxy) is 2. The number of hydrogen-bond donors (Lipinski definition) is 1. The van der Waals surface area contributed by atoms with E-state index in [4.69, 9.17) is 9.47 Å². The molecule has 2 aliphatic rings. The van der Waals surface area contributed by atoms with Crippen LogP contribution in [0.3, 0.4) is 0 Å². The van der Waals surface area contributed by atoms with Gasteiger partial charge in [0.25, 0.3) is 0 Å². The highest BCUT2D eigenvalue weighted by Gasteiger charge is 2.43. The molecule has 2 aromatic rings. The number of nitrogens with one attached hydrogen (secondary N) is 1. The van der Waals surface area contributed by atoms with Gasteiger partial charge in [0.2, 0.25) is 12.7 Å². The SMILES string of the molecule is O=C(Nc1ccc2c(c1)OCO2)[C@H]1C[C@H]1c1ccccc1. The van der Waals surface area contributed by atoms with Crippen LogP contribution in [0.25, 0.3) is 0 Å². The van der Waals surface area contributed by atoms with Crippen LogP contribution in [-0.4, -0.2) is 12.7 Å². The first-order valence-corrected chi connectivity index (χ1v) is 7.07. The summed E-state index contributed by atoms with van der Waals surface area (Å²) in [6, 6.07) is 15.6. The molecule has 4 nitrogen and oxygen atoms in total. The topological polar surface area (TPSA) is 47.6 Å². The predicted molar refractivity (Wildman–Crippen MR) is 78.5 cm³/mol. The Bertz CT molecular complexity index is 684. The number of anilines is 1. The Balaban J connectivity index is 1.43. The van der Waals surface area contributed by atoms with Crippen molar-refractivity contribution in [3.05, 3.63) is 54.1 Å². The van der Waals surface area contributed by atoms with Gasteiger partial charge in [-0.1, -0.05) is 30.3 Å². The summed E-state index contributed by atoms with van der Waals surface area (Å²) in [5.74, 6) is 1.89. The summed E-state index contributed by atoms with van der Waals surface area (Å²) in [5.41, 5.74) is 1.99. The van der Waals surface area contributed by atoms with Crippen LogP contribution < -0.4 is 14.8 Å². The fraction of sp³-hybridized carbons (Fsp3) is 0.235. The molecule has 2 aromatic carbocycles. The van der Waals surface area contributed by atoms with Crippen molar-refractivity contribution in [1.29, 1.82) is 0 Å². The van der Waals surface area contributed by atoms with E-state index in [1.54, 1.807) is 6.07 Å². The lowest BCUT2D eigenvalue weighted by molar-refractivity contribution is -0.117. The molecule has 1 aliphatic carbocycles. The van der Waals surface area contributed by atoms with E-state index in [0.717, 1.165) is 17.9 Å². The molecule has 0 unspecified atom stereocenters. The molecule has 2 atom stereocenters. The van der Waals surface area contributed by atoms with Gasteiger partial charge in [-0.2, -0.15) is 0 Å². The van der Waals surface area contributed by atoms with Gasteiger partial charge in [0.05, 0.1) is 0 Å². The van der Waals surface area contributed by atoms with Crippen molar-refractivity contribution in [2.24, 2.45) is 5.92 Å². The third kappa shape index (κ3) is 2.33. The Hall–Kier alpha value is -2.49. The Morgan fingerprint density at radius 2 is 1.86 bits per heavy atom. The summed E-state index contributed by atoms with van der Waals surface area (Å²) in [7, 11) is 0. The standard InChI is InChI=1S/C17H15NO3/c19-17(14-9-13(14)11-4-2-1-3-5-11)18-12-6-7-15-16(8-12)21-10-20-15/h1-8,13-14H,9-10H2,(H,18,19)/t13-,14-/m0/s1. The van der Waals surface area contributed by atoms with Gasteiger partial charge in [0.1, 0.15) is 0 Å². The van der Waals surface area contributed by atoms with E-state index in [1.165, 1.54) is 5.56 Å². The van der Waals surface area contributed by atoms with Gasteiger partial charge in [-0.15, -0.1) is 0 Å². The number of hydrogen-bond acceptors (Lipinski definition) is 3. The minimum Gasteiger partial charge on any atom is -0.454 e. The molecule has 0 radical (unpaired) electrons. The third-order valence-corrected chi connectivity index (χ3v) is 4.00. The molecule has 1 saturated carbocycles. The zero-order valence-electron chi connectivity index (χ0n) is 11.4. The fourth-order valence-electron chi connectivity index (χ4n) is 2.76. The number of benzene rings is 2. The van der Waals surface area contributed by atoms with Gasteiger partial charge < -0.3 is 14.8 Å². The Kier molecular flexibility index (Phi) is 2.81. The van der Waals surface area contributed by atoms with Crippen molar-refractivity contribution >= 4 is 11.6 Å². The summed E-state index contributed by atoms with van der Waals surface area (Å²) in [5, 5.41) is 2.96. The third-order valence-electron chi connectivity index (χ3n) is 4.00. The van der Waals surface area contributed by atoms with Crippen molar-refractivity contribution in [2.45, 2.75) is 12.3 Å². The number of fused-ring (bicyclic) bond motifs is 1. The molecular weight excluding hydrogens is 266 g/mol. The Morgan fingerprint density at radius 1 is 1.05 bits per heavy atom. The number of carbonyl (C=O) groups excluding carboxylic acids is 1. The van der Waals surface area contributed by atoms with Gasteiger partial charge in [-0.3, -0.25) is 4.79 Å². The lowest BCUT2D eigenvalue weighted by Crippen LogP contribution is -2.14. The van der Waals surface area contributed by atoms with E-state index < -0.39 is 0 Å². The maximum Gasteiger partial charge on any atom is 0.231 e. The molecule has 0 bridgehead atoms. The Labute approximate surface area is 122 Å². The lowest BCUT2D eigenvalue weighted by Gasteiger charge is -2.06. The predicted octanol–water partition coefficient (Wildman–Crippen LogP) is 3.16. The molecule has 4 rings (SSSR count). The van der Waals surface area contributed by atoms with Crippen molar-refractivity contribution in [2.75, 3.05) is 12.1 Å². The first-order valence-electron chi connectivity index (χ1n) is 7.07. The number of rotatable bonds is 3. The number of amides is 1. The van der Waals surface area contributed by atoms with Gasteiger partial charge in [0.15, 0.2) is 11.5 Å². The van der Waals surface area contributed by atoms with E-state index in [0.29, 0.717) is 11.7 Å². The van der Waals surface area contributed by atoms with E-state index >= 15 is 0 Å². The van der Waals surface area contributed by atoms with Gasteiger partial charge >= 0.3 is 0 Å². The summed E-state index contributed by atoms with van der Waals surface area (Å²) in [6.45, 7) is 0.242. The molecule has 1 heterocycles. The monoisotopic (exact) mass is 281 g/mol. The average Bonchev–Trinajstić information content (AvgIpc) is 3.19. The molecule has 1 fully saturated rings. The second-order valence-corrected chi connectivity index (χ2v) is 5.42. The first kappa shape index (κ1) is 12.3. The molecule has 106 valence electrons. The molecule has 4 heteroatoms. The molecule has 1 aliphatic heterocycles. The lowest BCUT2D eigenvalue weighted by atomic mass is 10.1. The zero-order valence-corrected chi connectivity index (χ0v) is 11.4.